The zero-order chi connectivity index (χ0) is 12.3. The Bertz CT molecular complexity index is 495. The van der Waals surface area contributed by atoms with Crippen molar-refractivity contribution in [3.05, 3.63) is 46.7 Å². The minimum atomic E-state index is 0.0326. The van der Waals surface area contributed by atoms with Crippen LogP contribution in [0.4, 0.5) is 0 Å². The highest BCUT2D eigenvalue weighted by Gasteiger charge is 2.08. The Morgan fingerprint density at radius 2 is 2.24 bits per heavy atom. The van der Waals surface area contributed by atoms with Crippen LogP contribution in [0.2, 0.25) is 5.02 Å². The van der Waals surface area contributed by atoms with Crippen LogP contribution in [0.5, 0.6) is 0 Å². The molecule has 2 rings (SSSR count). The van der Waals surface area contributed by atoms with Gasteiger partial charge in [-0.15, -0.1) is 5.10 Å². The van der Waals surface area contributed by atoms with Gasteiger partial charge < -0.3 is 5.73 Å². The fourth-order valence-electron chi connectivity index (χ4n) is 1.80. The van der Waals surface area contributed by atoms with E-state index in [1.54, 1.807) is 4.68 Å². The van der Waals surface area contributed by atoms with Crippen LogP contribution in [-0.4, -0.2) is 21.0 Å². The Balaban J connectivity index is 1.95. The van der Waals surface area contributed by atoms with Crippen LogP contribution < -0.4 is 5.73 Å². The Hall–Kier alpha value is -1.39. The number of halogens is 1. The van der Waals surface area contributed by atoms with Crippen molar-refractivity contribution in [2.45, 2.75) is 18.9 Å². The number of rotatable bonds is 4. The van der Waals surface area contributed by atoms with Crippen LogP contribution in [0.3, 0.4) is 0 Å². The number of benzene rings is 1. The summed E-state index contributed by atoms with van der Waals surface area (Å²) in [7, 11) is 1.85. The second-order valence-electron chi connectivity index (χ2n) is 4.18. The first-order valence-corrected chi connectivity index (χ1v) is 5.86. The summed E-state index contributed by atoms with van der Waals surface area (Å²) in [6.45, 7) is 0. The lowest BCUT2D eigenvalue weighted by Crippen LogP contribution is -2.25. The summed E-state index contributed by atoms with van der Waals surface area (Å²) in [4.78, 5) is 0. The lowest BCUT2D eigenvalue weighted by molar-refractivity contribution is 0.651. The van der Waals surface area contributed by atoms with E-state index in [2.05, 4.69) is 10.3 Å². The van der Waals surface area contributed by atoms with Gasteiger partial charge in [-0.3, -0.25) is 4.68 Å². The van der Waals surface area contributed by atoms with Gasteiger partial charge in [-0.05, 0) is 24.1 Å². The van der Waals surface area contributed by atoms with Gasteiger partial charge in [0.2, 0.25) is 0 Å². The van der Waals surface area contributed by atoms with Crippen LogP contribution in [0.1, 0.15) is 11.3 Å². The highest BCUT2D eigenvalue weighted by Crippen LogP contribution is 2.12. The normalized spacial score (nSPS) is 12.6. The monoisotopic (exact) mass is 250 g/mol. The molecular weight excluding hydrogens is 236 g/mol. The van der Waals surface area contributed by atoms with Gasteiger partial charge in [-0.1, -0.05) is 28.9 Å². The molecule has 0 fully saturated rings. The van der Waals surface area contributed by atoms with Gasteiger partial charge in [0.25, 0.3) is 0 Å². The summed E-state index contributed by atoms with van der Waals surface area (Å²) in [6.07, 6.45) is 3.40. The summed E-state index contributed by atoms with van der Waals surface area (Å²) in [5.41, 5.74) is 8.14. The quantitative estimate of drug-likeness (QED) is 0.897. The van der Waals surface area contributed by atoms with E-state index in [9.17, 15) is 0 Å². The van der Waals surface area contributed by atoms with Crippen molar-refractivity contribution in [2.75, 3.05) is 0 Å². The molecular formula is C12H15ClN4. The predicted octanol–water partition coefficient (Wildman–Crippen LogP) is 1.58. The fourth-order valence-corrected chi connectivity index (χ4v) is 2.01. The number of aromatic nitrogens is 3. The summed E-state index contributed by atoms with van der Waals surface area (Å²) in [5.74, 6) is 0. The molecule has 1 unspecified atom stereocenters. The van der Waals surface area contributed by atoms with E-state index in [0.29, 0.717) is 0 Å². The number of hydrogen-bond acceptors (Lipinski definition) is 3. The minimum Gasteiger partial charge on any atom is -0.327 e. The van der Waals surface area contributed by atoms with E-state index in [0.717, 1.165) is 29.1 Å². The number of aryl methyl sites for hydroxylation is 1. The third-order valence-electron chi connectivity index (χ3n) is 2.51. The number of hydrogen-bond donors (Lipinski definition) is 1. The van der Waals surface area contributed by atoms with E-state index in [4.69, 9.17) is 17.3 Å². The van der Waals surface area contributed by atoms with Gasteiger partial charge in [-0.2, -0.15) is 0 Å². The molecule has 1 aromatic carbocycles. The van der Waals surface area contributed by atoms with Gasteiger partial charge in [0.05, 0.1) is 5.69 Å². The van der Waals surface area contributed by atoms with Gasteiger partial charge in [0, 0.05) is 30.7 Å². The van der Waals surface area contributed by atoms with Crippen LogP contribution in [-0.2, 0) is 19.9 Å². The van der Waals surface area contributed by atoms with Crippen molar-refractivity contribution >= 4 is 11.6 Å². The Labute approximate surface area is 105 Å². The lowest BCUT2D eigenvalue weighted by atomic mass is 10.0. The standard InChI is InChI=1S/C12H15ClN4/c1-17-8-12(15-16-17)7-11(14)6-9-3-2-4-10(13)5-9/h2-5,8,11H,6-7,14H2,1H3. The Morgan fingerprint density at radius 3 is 2.88 bits per heavy atom. The number of nitrogens with zero attached hydrogens (tertiary/aromatic N) is 3. The predicted molar refractivity (Wildman–Crippen MR) is 67.8 cm³/mol. The lowest BCUT2D eigenvalue weighted by Gasteiger charge is -2.09. The largest absolute Gasteiger partial charge is 0.327 e. The average molecular weight is 251 g/mol. The summed E-state index contributed by atoms with van der Waals surface area (Å²) in [5, 5.41) is 8.65. The maximum absolute atomic E-state index is 6.08. The first kappa shape index (κ1) is 12.1. The molecule has 0 amide bonds. The van der Waals surface area contributed by atoms with Gasteiger partial charge in [0.1, 0.15) is 0 Å². The van der Waals surface area contributed by atoms with E-state index < -0.39 is 0 Å². The van der Waals surface area contributed by atoms with E-state index in [1.807, 2.05) is 37.5 Å². The van der Waals surface area contributed by atoms with Crippen molar-refractivity contribution in [1.29, 1.82) is 0 Å². The Kier molecular flexibility index (Phi) is 3.76. The average Bonchev–Trinajstić information content (AvgIpc) is 2.63. The second kappa shape index (κ2) is 5.29. The molecule has 1 heterocycles. The molecule has 0 radical (unpaired) electrons. The van der Waals surface area contributed by atoms with Crippen LogP contribution in [0.25, 0.3) is 0 Å². The smallest absolute Gasteiger partial charge is 0.0842 e. The van der Waals surface area contributed by atoms with Crippen molar-refractivity contribution in [2.24, 2.45) is 12.8 Å². The summed E-state index contributed by atoms with van der Waals surface area (Å²) < 4.78 is 1.68. The summed E-state index contributed by atoms with van der Waals surface area (Å²) in [6, 6.07) is 7.80. The molecule has 1 aromatic heterocycles. The molecule has 90 valence electrons. The van der Waals surface area contributed by atoms with Gasteiger partial charge in [0.15, 0.2) is 0 Å². The van der Waals surface area contributed by atoms with Gasteiger partial charge >= 0.3 is 0 Å². The summed E-state index contributed by atoms with van der Waals surface area (Å²) >= 11 is 5.93. The zero-order valence-electron chi connectivity index (χ0n) is 9.68. The van der Waals surface area contributed by atoms with E-state index in [-0.39, 0.29) is 6.04 Å². The van der Waals surface area contributed by atoms with Gasteiger partial charge in [-0.25, -0.2) is 0 Å². The third-order valence-corrected chi connectivity index (χ3v) is 2.74. The third kappa shape index (κ3) is 3.54. The first-order valence-electron chi connectivity index (χ1n) is 5.48. The van der Waals surface area contributed by atoms with Crippen molar-refractivity contribution in [3.8, 4) is 0 Å². The highest BCUT2D eigenvalue weighted by atomic mass is 35.5. The SMILES string of the molecule is Cn1cc(CC(N)Cc2cccc(Cl)c2)nn1. The van der Waals surface area contributed by atoms with Crippen LogP contribution in [0, 0.1) is 0 Å². The Morgan fingerprint density at radius 1 is 1.41 bits per heavy atom. The van der Waals surface area contributed by atoms with Crippen molar-refractivity contribution in [3.63, 3.8) is 0 Å². The molecule has 17 heavy (non-hydrogen) atoms. The molecule has 4 nitrogen and oxygen atoms in total. The zero-order valence-corrected chi connectivity index (χ0v) is 10.4. The van der Waals surface area contributed by atoms with Crippen molar-refractivity contribution in [1.82, 2.24) is 15.0 Å². The molecule has 0 saturated heterocycles. The second-order valence-corrected chi connectivity index (χ2v) is 4.62. The molecule has 0 aliphatic carbocycles. The topological polar surface area (TPSA) is 56.7 Å². The van der Waals surface area contributed by atoms with Crippen molar-refractivity contribution < 1.29 is 0 Å². The molecule has 5 heteroatoms. The fraction of sp³-hybridized carbons (Fsp3) is 0.333. The molecule has 0 aliphatic heterocycles. The molecule has 2 aromatic rings. The first-order chi connectivity index (χ1) is 8.13. The molecule has 0 aliphatic rings. The molecule has 0 saturated carbocycles. The molecule has 1 atom stereocenters. The molecule has 0 spiro atoms. The maximum atomic E-state index is 6.08. The van der Waals surface area contributed by atoms with E-state index >= 15 is 0 Å². The highest BCUT2D eigenvalue weighted by molar-refractivity contribution is 6.30. The minimum absolute atomic E-state index is 0.0326. The molecule has 0 bridgehead atoms. The maximum Gasteiger partial charge on any atom is 0.0842 e. The van der Waals surface area contributed by atoms with Crippen LogP contribution in [0.15, 0.2) is 30.5 Å². The molecule has 2 N–H and O–H groups in total. The van der Waals surface area contributed by atoms with E-state index in [1.165, 1.54) is 0 Å². The van der Waals surface area contributed by atoms with Crippen LogP contribution >= 0.6 is 11.6 Å². The number of nitrogens with two attached hydrogens (primary N) is 1.